The average molecular weight is 273 g/mol. The Balaban J connectivity index is 2.12. The van der Waals surface area contributed by atoms with Crippen molar-refractivity contribution in [2.75, 3.05) is 12.2 Å². The number of methoxy groups -OCH3 is 1. The molecule has 0 aromatic heterocycles. The van der Waals surface area contributed by atoms with Crippen molar-refractivity contribution in [2.45, 2.75) is 12.8 Å². The van der Waals surface area contributed by atoms with Crippen molar-refractivity contribution in [3.8, 4) is 0 Å². The van der Waals surface area contributed by atoms with E-state index in [9.17, 15) is 14.8 Å². The molecule has 104 valence electrons. The molecule has 0 spiro atoms. The van der Waals surface area contributed by atoms with Crippen molar-refractivity contribution in [3.63, 3.8) is 0 Å². The smallest absolute Gasteiger partial charge is 0.306 e. The molecule has 2 rings (SSSR count). The number of amides is 1. The van der Waals surface area contributed by atoms with Gasteiger partial charge in [0.05, 0.1) is 19.2 Å². The molecular formula is C15H15NO4. The van der Waals surface area contributed by atoms with Crippen LogP contribution in [0.25, 0.3) is 10.8 Å². The Labute approximate surface area is 116 Å². The van der Waals surface area contributed by atoms with Crippen LogP contribution >= 0.6 is 0 Å². The lowest BCUT2D eigenvalue weighted by Crippen LogP contribution is -2.27. The monoisotopic (exact) mass is 273 g/mol. The zero-order chi connectivity index (χ0) is 14.5. The Hall–Kier alpha value is -2.40. The summed E-state index contributed by atoms with van der Waals surface area (Å²) in [7, 11) is 1.26. The number of benzene rings is 2. The van der Waals surface area contributed by atoms with Gasteiger partial charge >= 0.3 is 5.97 Å². The van der Waals surface area contributed by atoms with Crippen LogP contribution in [-0.4, -0.2) is 24.2 Å². The Morgan fingerprint density at radius 3 is 2.50 bits per heavy atom. The first-order valence-electron chi connectivity index (χ1n) is 6.19. The van der Waals surface area contributed by atoms with Crippen molar-refractivity contribution < 1.29 is 19.5 Å². The molecule has 0 saturated carbocycles. The number of hydrogen-bond acceptors (Lipinski definition) is 4. The summed E-state index contributed by atoms with van der Waals surface area (Å²) in [6, 6.07) is 12.8. The first kappa shape index (κ1) is 14.0. The third-order valence-corrected chi connectivity index (χ3v) is 2.98. The minimum Gasteiger partial charge on any atom is -0.469 e. The first-order chi connectivity index (χ1) is 9.61. The largest absolute Gasteiger partial charge is 0.469 e. The highest BCUT2D eigenvalue weighted by atomic mass is 16.5. The molecule has 2 aromatic carbocycles. The van der Waals surface area contributed by atoms with E-state index >= 15 is 0 Å². The average Bonchev–Trinajstić information content (AvgIpc) is 2.50. The van der Waals surface area contributed by atoms with E-state index in [1.54, 1.807) is 12.1 Å². The molecule has 0 heterocycles. The standard InChI is InChI=1S/C15H15NO4/c1-20-15(18)9-8-14(17)16(19)13-7-6-11-4-2-3-5-12(11)10-13/h2-7,10,19H,8-9H2,1H3. The van der Waals surface area contributed by atoms with Crippen LogP contribution in [0.3, 0.4) is 0 Å². The molecule has 1 amide bonds. The van der Waals surface area contributed by atoms with Gasteiger partial charge in [0.2, 0.25) is 0 Å². The first-order valence-corrected chi connectivity index (χ1v) is 6.19. The molecule has 5 nitrogen and oxygen atoms in total. The second kappa shape index (κ2) is 6.16. The Morgan fingerprint density at radius 1 is 1.10 bits per heavy atom. The lowest BCUT2D eigenvalue weighted by Gasteiger charge is -2.15. The molecule has 0 atom stereocenters. The van der Waals surface area contributed by atoms with Gasteiger partial charge < -0.3 is 4.74 Å². The molecule has 2 aromatic rings. The Bertz CT molecular complexity index is 639. The van der Waals surface area contributed by atoms with Gasteiger partial charge in [0, 0.05) is 6.42 Å². The summed E-state index contributed by atoms with van der Waals surface area (Å²) in [4.78, 5) is 22.7. The maximum atomic E-state index is 11.8. The number of rotatable bonds is 4. The van der Waals surface area contributed by atoms with Gasteiger partial charge in [-0.15, -0.1) is 0 Å². The summed E-state index contributed by atoms with van der Waals surface area (Å²) in [5.41, 5.74) is 0.374. The van der Waals surface area contributed by atoms with E-state index < -0.39 is 11.9 Å². The van der Waals surface area contributed by atoms with Crippen molar-refractivity contribution in [3.05, 3.63) is 42.5 Å². The van der Waals surface area contributed by atoms with Crippen LogP contribution in [0.2, 0.25) is 0 Å². The van der Waals surface area contributed by atoms with E-state index in [2.05, 4.69) is 4.74 Å². The molecule has 0 aliphatic heterocycles. The van der Waals surface area contributed by atoms with Gasteiger partial charge in [0.1, 0.15) is 0 Å². The van der Waals surface area contributed by atoms with Crippen molar-refractivity contribution in [1.29, 1.82) is 0 Å². The zero-order valence-electron chi connectivity index (χ0n) is 11.1. The summed E-state index contributed by atoms with van der Waals surface area (Å²) in [5, 5.41) is 12.4. The molecule has 0 aliphatic rings. The SMILES string of the molecule is COC(=O)CCC(=O)N(O)c1ccc2ccccc2c1. The van der Waals surface area contributed by atoms with Gasteiger partial charge in [0.15, 0.2) is 0 Å². The van der Waals surface area contributed by atoms with Gasteiger partial charge in [-0.2, -0.15) is 5.06 Å². The zero-order valence-corrected chi connectivity index (χ0v) is 11.1. The van der Waals surface area contributed by atoms with E-state index in [4.69, 9.17) is 0 Å². The number of anilines is 1. The molecule has 0 saturated heterocycles. The second-order valence-corrected chi connectivity index (χ2v) is 4.31. The van der Waals surface area contributed by atoms with Gasteiger partial charge in [0.25, 0.3) is 5.91 Å². The van der Waals surface area contributed by atoms with Gasteiger partial charge in [-0.25, -0.2) is 0 Å². The van der Waals surface area contributed by atoms with Crippen LogP contribution < -0.4 is 5.06 Å². The van der Waals surface area contributed by atoms with Crippen LogP contribution in [-0.2, 0) is 14.3 Å². The maximum absolute atomic E-state index is 11.8. The number of hydrogen-bond donors (Lipinski definition) is 1. The number of esters is 1. The fourth-order valence-corrected chi connectivity index (χ4v) is 1.87. The summed E-state index contributed by atoms with van der Waals surface area (Å²) in [6.07, 6.45) is -0.157. The topological polar surface area (TPSA) is 66.8 Å². The van der Waals surface area contributed by atoms with E-state index in [1.807, 2.05) is 30.3 Å². The molecule has 0 bridgehead atoms. The van der Waals surface area contributed by atoms with Gasteiger partial charge in [-0.05, 0) is 22.9 Å². The van der Waals surface area contributed by atoms with E-state index in [0.717, 1.165) is 10.8 Å². The molecular weight excluding hydrogens is 258 g/mol. The number of carbonyl (C=O) groups excluding carboxylic acids is 2. The molecule has 0 aliphatic carbocycles. The highest BCUT2D eigenvalue weighted by Gasteiger charge is 2.15. The lowest BCUT2D eigenvalue weighted by molar-refractivity contribution is -0.142. The van der Waals surface area contributed by atoms with Crippen LogP contribution in [0.4, 0.5) is 5.69 Å². The molecule has 0 radical (unpaired) electrons. The summed E-state index contributed by atoms with van der Waals surface area (Å²) in [5.74, 6) is -1.03. The van der Waals surface area contributed by atoms with Gasteiger partial charge in [-0.1, -0.05) is 30.3 Å². The maximum Gasteiger partial charge on any atom is 0.306 e. The molecule has 0 unspecified atom stereocenters. The number of nitrogens with zero attached hydrogens (tertiary/aromatic N) is 1. The molecule has 1 N–H and O–H groups in total. The van der Waals surface area contributed by atoms with Crippen LogP contribution in [0.5, 0.6) is 0 Å². The normalized spacial score (nSPS) is 10.3. The summed E-state index contributed by atoms with van der Waals surface area (Å²) >= 11 is 0. The quantitative estimate of drug-likeness (QED) is 0.528. The fourth-order valence-electron chi connectivity index (χ4n) is 1.87. The molecule has 0 fully saturated rings. The van der Waals surface area contributed by atoms with Crippen LogP contribution in [0, 0.1) is 0 Å². The van der Waals surface area contributed by atoms with E-state index in [0.29, 0.717) is 10.8 Å². The minimum atomic E-state index is -0.550. The Kier molecular flexibility index (Phi) is 4.32. The van der Waals surface area contributed by atoms with Crippen molar-refractivity contribution in [2.24, 2.45) is 0 Å². The number of ether oxygens (including phenoxy) is 1. The summed E-state index contributed by atoms with van der Waals surface area (Å²) < 4.78 is 4.45. The Morgan fingerprint density at radius 2 is 1.80 bits per heavy atom. The number of carbonyl (C=O) groups is 2. The molecule has 20 heavy (non-hydrogen) atoms. The van der Waals surface area contributed by atoms with Crippen LogP contribution in [0.1, 0.15) is 12.8 Å². The third-order valence-electron chi connectivity index (χ3n) is 2.98. The second-order valence-electron chi connectivity index (χ2n) is 4.31. The predicted molar refractivity (Wildman–Crippen MR) is 74.5 cm³/mol. The highest BCUT2D eigenvalue weighted by molar-refractivity contribution is 5.95. The fraction of sp³-hybridized carbons (Fsp3) is 0.200. The number of hydroxylamine groups is 1. The number of fused-ring (bicyclic) bond motifs is 1. The summed E-state index contributed by atoms with van der Waals surface area (Å²) in [6.45, 7) is 0. The van der Waals surface area contributed by atoms with E-state index in [1.165, 1.54) is 7.11 Å². The minimum absolute atomic E-state index is 0.0556. The molecule has 5 heteroatoms. The predicted octanol–water partition coefficient (Wildman–Crippen LogP) is 2.52. The van der Waals surface area contributed by atoms with Crippen molar-refractivity contribution >= 4 is 28.3 Å². The highest BCUT2D eigenvalue weighted by Crippen LogP contribution is 2.21. The third kappa shape index (κ3) is 3.13. The van der Waals surface area contributed by atoms with E-state index in [-0.39, 0.29) is 12.8 Å². The van der Waals surface area contributed by atoms with Crippen molar-refractivity contribution in [1.82, 2.24) is 0 Å². The lowest BCUT2D eigenvalue weighted by atomic mass is 10.1. The van der Waals surface area contributed by atoms with Gasteiger partial charge in [-0.3, -0.25) is 14.8 Å². The van der Waals surface area contributed by atoms with Crippen LogP contribution in [0.15, 0.2) is 42.5 Å².